The van der Waals surface area contributed by atoms with Crippen molar-refractivity contribution in [2.75, 3.05) is 33.4 Å². The molecule has 0 spiro atoms. The number of ketones is 1. The van der Waals surface area contributed by atoms with Crippen LogP contribution >= 0.6 is 0 Å². The van der Waals surface area contributed by atoms with Gasteiger partial charge in [0.15, 0.2) is 5.78 Å². The van der Waals surface area contributed by atoms with Crippen LogP contribution in [0.2, 0.25) is 0 Å². The summed E-state index contributed by atoms with van der Waals surface area (Å²) in [5.74, 6) is 0.162. The van der Waals surface area contributed by atoms with Crippen LogP contribution in [-0.4, -0.2) is 61.1 Å². The summed E-state index contributed by atoms with van der Waals surface area (Å²) >= 11 is 0. The van der Waals surface area contributed by atoms with Crippen LogP contribution in [0.4, 0.5) is 0 Å². The Hall–Kier alpha value is -1.66. The van der Waals surface area contributed by atoms with Crippen LogP contribution in [0.25, 0.3) is 0 Å². The highest BCUT2D eigenvalue weighted by atomic mass is 16.5. The fourth-order valence-electron chi connectivity index (χ4n) is 3.54. The molecule has 24 heavy (non-hydrogen) atoms. The molecule has 1 saturated heterocycles. The number of esters is 1. The molecule has 1 aromatic rings. The quantitative estimate of drug-likeness (QED) is 0.611. The van der Waals surface area contributed by atoms with E-state index in [1.54, 1.807) is 13.8 Å². The largest absolute Gasteiger partial charge is 0.465 e. The van der Waals surface area contributed by atoms with Crippen LogP contribution in [0.15, 0.2) is 0 Å². The lowest BCUT2D eigenvalue weighted by molar-refractivity contribution is 0.0599. The summed E-state index contributed by atoms with van der Waals surface area (Å²) in [5.41, 5.74) is 2.37. The highest BCUT2D eigenvalue weighted by Gasteiger charge is 2.33. The Morgan fingerprint density at radius 2 is 2.04 bits per heavy atom. The second-order valence-electron chi connectivity index (χ2n) is 6.93. The maximum atomic E-state index is 12.8. The Morgan fingerprint density at radius 1 is 1.29 bits per heavy atom. The highest BCUT2D eigenvalue weighted by molar-refractivity contribution is 6.02. The summed E-state index contributed by atoms with van der Waals surface area (Å²) in [5, 5.41) is 0. The average Bonchev–Trinajstić information content (AvgIpc) is 3.20. The number of aryl methyl sites for hydroxylation is 1. The topological polar surface area (TPSA) is 71.6 Å². The average molecular weight is 334 g/mol. The SMILES string of the molecule is COC(=O)c1c(C)[nH]c(C(=O)CN(CC2CCOC2)C2CC2)c1C. The molecule has 0 amide bonds. The normalized spacial score (nSPS) is 20.6. The van der Waals surface area contributed by atoms with Crippen molar-refractivity contribution in [3.05, 3.63) is 22.5 Å². The van der Waals surface area contributed by atoms with Gasteiger partial charge in [-0.15, -0.1) is 0 Å². The number of H-pyrrole nitrogens is 1. The van der Waals surface area contributed by atoms with Gasteiger partial charge < -0.3 is 14.5 Å². The third kappa shape index (κ3) is 3.54. The van der Waals surface area contributed by atoms with Crippen molar-refractivity contribution in [1.82, 2.24) is 9.88 Å². The summed E-state index contributed by atoms with van der Waals surface area (Å²) in [7, 11) is 1.36. The molecule has 2 fully saturated rings. The lowest BCUT2D eigenvalue weighted by Gasteiger charge is -2.24. The lowest BCUT2D eigenvalue weighted by atomic mass is 10.1. The van der Waals surface area contributed by atoms with Crippen molar-refractivity contribution < 1.29 is 19.1 Å². The van der Waals surface area contributed by atoms with Gasteiger partial charge in [-0.25, -0.2) is 4.79 Å². The number of carbonyl (C=O) groups excluding carboxylic acids is 2. The minimum atomic E-state index is -0.401. The maximum Gasteiger partial charge on any atom is 0.339 e. The molecule has 6 heteroatoms. The van der Waals surface area contributed by atoms with Gasteiger partial charge in [-0.3, -0.25) is 9.69 Å². The number of hydrogen-bond acceptors (Lipinski definition) is 5. The Labute approximate surface area is 142 Å². The van der Waals surface area contributed by atoms with Crippen molar-refractivity contribution >= 4 is 11.8 Å². The lowest BCUT2D eigenvalue weighted by Crippen LogP contribution is -2.36. The van der Waals surface area contributed by atoms with Gasteiger partial charge in [0.25, 0.3) is 0 Å². The number of ether oxygens (including phenoxy) is 2. The Balaban J connectivity index is 1.72. The first-order valence-corrected chi connectivity index (χ1v) is 8.63. The number of carbonyl (C=O) groups is 2. The molecule has 1 aromatic heterocycles. The summed E-state index contributed by atoms with van der Waals surface area (Å²) in [4.78, 5) is 30.1. The van der Waals surface area contributed by atoms with Crippen molar-refractivity contribution in [2.24, 2.45) is 5.92 Å². The first kappa shape index (κ1) is 17.2. The van der Waals surface area contributed by atoms with Crippen molar-refractivity contribution in [3.63, 3.8) is 0 Å². The van der Waals surface area contributed by atoms with E-state index in [1.807, 2.05) is 0 Å². The number of nitrogens with one attached hydrogen (secondary N) is 1. The van der Waals surface area contributed by atoms with Gasteiger partial charge in [0.05, 0.1) is 31.5 Å². The number of aromatic nitrogens is 1. The molecule has 3 rings (SSSR count). The first-order valence-electron chi connectivity index (χ1n) is 8.63. The van der Waals surface area contributed by atoms with Gasteiger partial charge in [0.1, 0.15) is 0 Å². The van der Waals surface area contributed by atoms with E-state index in [0.29, 0.717) is 41.0 Å². The van der Waals surface area contributed by atoms with E-state index in [1.165, 1.54) is 7.11 Å². The third-order valence-corrected chi connectivity index (χ3v) is 5.03. The molecule has 1 aliphatic carbocycles. The van der Waals surface area contributed by atoms with E-state index >= 15 is 0 Å². The molecule has 132 valence electrons. The zero-order valence-corrected chi connectivity index (χ0v) is 14.7. The van der Waals surface area contributed by atoms with Crippen molar-refractivity contribution in [3.8, 4) is 0 Å². The van der Waals surface area contributed by atoms with Crippen molar-refractivity contribution in [1.29, 1.82) is 0 Å². The molecule has 1 atom stereocenters. The molecule has 0 bridgehead atoms. The monoisotopic (exact) mass is 334 g/mol. The van der Waals surface area contributed by atoms with Gasteiger partial charge in [-0.2, -0.15) is 0 Å². The number of aromatic amines is 1. The molecule has 1 N–H and O–H groups in total. The van der Waals surface area contributed by atoms with Gasteiger partial charge in [0, 0.05) is 24.9 Å². The minimum Gasteiger partial charge on any atom is -0.465 e. The number of hydrogen-bond donors (Lipinski definition) is 1. The van der Waals surface area contributed by atoms with E-state index in [4.69, 9.17) is 9.47 Å². The predicted molar refractivity (Wildman–Crippen MR) is 89.5 cm³/mol. The molecule has 6 nitrogen and oxygen atoms in total. The molecular formula is C18H26N2O4. The number of rotatable bonds is 7. The second-order valence-corrected chi connectivity index (χ2v) is 6.93. The summed E-state index contributed by atoms with van der Waals surface area (Å²) in [6, 6.07) is 0.519. The minimum absolute atomic E-state index is 0.0385. The highest BCUT2D eigenvalue weighted by Crippen LogP contribution is 2.29. The Bertz CT molecular complexity index is 627. The molecule has 0 radical (unpaired) electrons. The summed E-state index contributed by atoms with van der Waals surface area (Å²) < 4.78 is 10.3. The standard InChI is InChI=1S/C18H26N2O4/c1-11-16(18(22)23-3)12(2)19-17(11)15(21)9-20(14-4-5-14)8-13-6-7-24-10-13/h13-14,19H,4-10H2,1-3H3. The molecule has 1 unspecified atom stereocenters. The predicted octanol–water partition coefficient (Wildman–Crippen LogP) is 2.10. The maximum absolute atomic E-state index is 12.8. The smallest absolute Gasteiger partial charge is 0.339 e. The van der Waals surface area contributed by atoms with E-state index in [2.05, 4.69) is 9.88 Å². The molecule has 1 saturated carbocycles. The van der Waals surface area contributed by atoms with Crippen LogP contribution in [-0.2, 0) is 9.47 Å². The molecule has 1 aliphatic heterocycles. The van der Waals surface area contributed by atoms with Crippen LogP contribution < -0.4 is 0 Å². The second kappa shape index (κ2) is 7.07. The zero-order chi connectivity index (χ0) is 17.3. The molecular weight excluding hydrogens is 308 g/mol. The Kier molecular flexibility index (Phi) is 5.06. The zero-order valence-electron chi connectivity index (χ0n) is 14.7. The molecule has 0 aromatic carbocycles. The summed E-state index contributed by atoms with van der Waals surface area (Å²) in [6.07, 6.45) is 3.40. The van der Waals surface area contributed by atoms with Gasteiger partial charge in [-0.05, 0) is 44.6 Å². The van der Waals surface area contributed by atoms with E-state index < -0.39 is 5.97 Å². The van der Waals surface area contributed by atoms with Crippen LogP contribution in [0, 0.1) is 19.8 Å². The fraction of sp³-hybridized carbons (Fsp3) is 0.667. The van der Waals surface area contributed by atoms with Gasteiger partial charge in [0.2, 0.25) is 0 Å². The van der Waals surface area contributed by atoms with E-state index in [0.717, 1.165) is 39.0 Å². The van der Waals surface area contributed by atoms with Crippen LogP contribution in [0.5, 0.6) is 0 Å². The number of Topliss-reactive ketones (excluding diaryl/α,β-unsaturated/α-hetero) is 1. The van der Waals surface area contributed by atoms with Gasteiger partial charge >= 0.3 is 5.97 Å². The summed E-state index contributed by atoms with van der Waals surface area (Å²) in [6.45, 7) is 6.53. The van der Waals surface area contributed by atoms with Crippen molar-refractivity contribution in [2.45, 2.75) is 39.2 Å². The van der Waals surface area contributed by atoms with E-state index in [-0.39, 0.29) is 5.78 Å². The Morgan fingerprint density at radius 3 is 2.62 bits per heavy atom. The van der Waals surface area contributed by atoms with Crippen LogP contribution in [0.1, 0.15) is 51.4 Å². The third-order valence-electron chi connectivity index (χ3n) is 5.03. The number of nitrogens with zero attached hydrogens (tertiary/aromatic N) is 1. The number of methoxy groups -OCH3 is 1. The van der Waals surface area contributed by atoms with Gasteiger partial charge in [-0.1, -0.05) is 0 Å². The first-order chi connectivity index (χ1) is 11.5. The van der Waals surface area contributed by atoms with E-state index in [9.17, 15) is 9.59 Å². The fourth-order valence-corrected chi connectivity index (χ4v) is 3.54. The molecule has 2 heterocycles. The van der Waals surface area contributed by atoms with Crippen LogP contribution in [0.3, 0.4) is 0 Å². The molecule has 2 aliphatic rings.